The number of amides is 2. The summed E-state index contributed by atoms with van der Waals surface area (Å²) in [5.41, 5.74) is 0.130. The largest absolute Gasteiger partial charge is 0.393 e. The van der Waals surface area contributed by atoms with E-state index in [1.807, 2.05) is 0 Å². The number of carbonyl (C=O) groups excluding carboxylic acids is 1. The van der Waals surface area contributed by atoms with Crippen molar-refractivity contribution in [3.63, 3.8) is 0 Å². The zero-order valence-corrected chi connectivity index (χ0v) is 11.0. The van der Waals surface area contributed by atoms with Gasteiger partial charge in [0, 0.05) is 12.2 Å². The van der Waals surface area contributed by atoms with Crippen LogP contribution < -0.4 is 10.6 Å². The minimum Gasteiger partial charge on any atom is -0.393 e. The van der Waals surface area contributed by atoms with E-state index < -0.39 is 24.7 Å². The number of benzene rings is 1. The second kappa shape index (κ2) is 7.14. The van der Waals surface area contributed by atoms with Gasteiger partial charge in [-0.05, 0) is 25.0 Å². The molecule has 3 N–H and O–H groups in total. The third kappa shape index (κ3) is 6.42. The first-order valence-electron chi connectivity index (χ1n) is 6.15. The van der Waals surface area contributed by atoms with E-state index in [4.69, 9.17) is 5.11 Å². The van der Waals surface area contributed by atoms with Gasteiger partial charge >= 0.3 is 12.2 Å². The average molecular weight is 290 g/mol. The van der Waals surface area contributed by atoms with Gasteiger partial charge in [-0.1, -0.05) is 18.2 Å². The van der Waals surface area contributed by atoms with Crippen LogP contribution in [-0.2, 0) is 6.42 Å². The summed E-state index contributed by atoms with van der Waals surface area (Å²) in [4.78, 5) is 11.5. The Hall–Kier alpha value is -1.76. The van der Waals surface area contributed by atoms with E-state index in [0.717, 1.165) is 0 Å². The third-order valence-electron chi connectivity index (χ3n) is 2.50. The minimum absolute atomic E-state index is 0.00526. The summed E-state index contributed by atoms with van der Waals surface area (Å²) >= 11 is 0. The average Bonchev–Trinajstić information content (AvgIpc) is 2.29. The lowest BCUT2D eigenvalue weighted by Crippen LogP contribution is -2.31. The lowest BCUT2D eigenvalue weighted by molar-refractivity contribution is -0.127. The Balaban J connectivity index is 2.61. The summed E-state index contributed by atoms with van der Waals surface area (Å²) in [6, 6.07) is 5.16. The fraction of sp³-hybridized carbons (Fsp3) is 0.462. The van der Waals surface area contributed by atoms with Crippen LogP contribution in [0.2, 0.25) is 0 Å². The lowest BCUT2D eigenvalue weighted by Gasteiger charge is -2.13. The number of rotatable bonds is 5. The maximum Gasteiger partial charge on any atom is 0.393 e. The van der Waals surface area contributed by atoms with Gasteiger partial charge in [0.05, 0.1) is 12.5 Å². The molecule has 0 fully saturated rings. The number of urea groups is 1. The summed E-state index contributed by atoms with van der Waals surface area (Å²) < 4.78 is 37.2. The number of hydrogen-bond acceptors (Lipinski definition) is 2. The van der Waals surface area contributed by atoms with Crippen LogP contribution in [0.4, 0.5) is 23.7 Å². The van der Waals surface area contributed by atoms with Gasteiger partial charge in [-0.3, -0.25) is 0 Å². The van der Waals surface area contributed by atoms with Crippen molar-refractivity contribution < 1.29 is 23.1 Å². The highest BCUT2D eigenvalue weighted by Crippen LogP contribution is 2.25. The SMILES string of the molecule is CC(O)CCNC(=O)Nc1ccccc1CC(F)(F)F. The molecule has 7 heteroatoms. The van der Waals surface area contributed by atoms with Crippen molar-refractivity contribution in [3.8, 4) is 0 Å². The standard InChI is InChI=1S/C13H17F3N2O2/c1-9(19)6-7-17-12(20)18-11-5-3-2-4-10(11)8-13(14,15)16/h2-5,9,19H,6-8H2,1H3,(H2,17,18,20). The highest BCUT2D eigenvalue weighted by Gasteiger charge is 2.28. The van der Waals surface area contributed by atoms with Crippen molar-refractivity contribution in [1.82, 2.24) is 5.32 Å². The Morgan fingerprint density at radius 3 is 2.60 bits per heavy atom. The topological polar surface area (TPSA) is 61.4 Å². The van der Waals surface area contributed by atoms with Crippen LogP contribution in [0.15, 0.2) is 24.3 Å². The van der Waals surface area contributed by atoms with E-state index in [1.165, 1.54) is 18.2 Å². The molecule has 1 atom stereocenters. The molecule has 2 amide bonds. The molecule has 0 aliphatic rings. The summed E-state index contributed by atoms with van der Waals surface area (Å²) in [5.74, 6) is 0. The summed E-state index contributed by atoms with van der Waals surface area (Å²) in [6.07, 6.45) is -5.61. The number of alkyl halides is 3. The predicted octanol–water partition coefficient (Wildman–Crippen LogP) is 2.68. The predicted molar refractivity (Wildman–Crippen MR) is 69.5 cm³/mol. The Kier molecular flexibility index (Phi) is 5.82. The molecule has 0 aliphatic heterocycles. The van der Waals surface area contributed by atoms with E-state index in [9.17, 15) is 18.0 Å². The highest BCUT2D eigenvalue weighted by atomic mass is 19.4. The maximum atomic E-state index is 12.4. The molecule has 4 nitrogen and oxygen atoms in total. The van der Waals surface area contributed by atoms with Gasteiger partial charge in [0.15, 0.2) is 0 Å². The van der Waals surface area contributed by atoms with Gasteiger partial charge in [-0.25, -0.2) is 4.79 Å². The first-order chi connectivity index (χ1) is 9.28. The van der Waals surface area contributed by atoms with E-state index in [0.29, 0.717) is 6.42 Å². The fourth-order valence-electron chi connectivity index (χ4n) is 1.57. The molecular formula is C13H17F3N2O2. The normalized spacial score (nSPS) is 12.8. The Morgan fingerprint density at radius 2 is 2.00 bits per heavy atom. The molecule has 1 unspecified atom stereocenters. The van der Waals surface area contributed by atoms with Crippen molar-refractivity contribution in [3.05, 3.63) is 29.8 Å². The van der Waals surface area contributed by atoms with Crippen LogP contribution in [0.1, 0.15) is 18.9 Å². The number of anilines is 1. The van der Waals surface area contributed by atoms with Crippen molar-refractivity contribution in [2.75, 3.05) is 11.9 Å². The van der Waals surface area contributed by atoms with Gasteiger partial charge in [-0.15, -0.1) is 0 Å². The van der Waals surface area contributed by atoms with Crippen molar-refractivity contribution in [1.29, 1.82) is 0 Å². The van der Waals surface area contributed by atoms with Crippen LogP contribution in [0.25, 0.3) is 0 Å². The first-order valence-corrected chi connectivity index (χ1v) is 6.15. The number of aliphatic hydroxyl groups is 1. The number of carbonyl (C=O) groups is 1. The van der Waals surface area contributed by atoms with E-state index in [2.05, 4.69) is 10.6 Å². The Labute approximate surface area is 115 Å². The van der Waals surface area contributed by atoms with Crippen LogP contribution in [0.3, 0.4) is 0 Å². The van der Waals surface area contributed by atoms with Crippen LogP contribution in [0.5, 0.6) is 0 Å². The van der Waals surface area contributed by atoms with E-state index in [-0.39, 0.29) is 17.8 Å². The number of para-hydroxylation sites is 1. The number of halogens is 3. The molecule has 0 radical (unpaired) electrons. The fourth-order valence-corrected chi connectivity index (χ4v) is 1.57. The monoisotopic (exact) mass is 290 g/mol. The zero-order chi connectivity index (χ0) is 15.2. The molecule has 0 aliphatic carbocycles. The third-order valence-corrected chi connectivity index (χ3v) is 2.50. The van der Waals surface area contributed by atoms with Crippen molar-refractivity contribution >= 4 is 11.7 Å². The lowest BCUT2D eigenvalue weighted by atomic mass is 10.1. The van der Waals surface area contributed by atoms with Crippen molar-refractivity contribution in [2.24, 2.45) is 0 Å². The minimum atomic E-state index is -4.33. The summed E-state index contributed by atoms with van der Waals surface area (Å²) in [5, 5.41) is 13.9. The molecule has 0 heterocycles. The highest BCUT2D eigenvalue weighted by molar-refractivity contribution is 5.90. The molecule has 20 heavy (non-hydrogen) atoms. The van der Waals surface area contributed by atoms with Crippen LogP contribution >= 0.6 is 0 Å². The van der Waals surface area contributed by atoms with Gasteiger partial charge in [0.25, 0.3) is 0 Å². The van der Waals surface area contributed by atoms with E-state index in [1.54, 1.807) is 13.0 Å². The molecule has 0 saturated carbocycles. The van der Waals surface area contributed by atoms with Crippen LogP contribution in [0, 0.1) is 0 Å². The first kappa shape index (κ1) is 16.3. The quantitative estimate of drug-likeness (QED) is 0.780. The smallest absolute Gasteiger partial charge is 0.393 e. The van der Waals surface area contributed by atoms with Crippen molar-refractivity contribution in [2.45, 2.75) is 32.0 Å². The molecule has 0 spiro atoms. The second-order valence-electron chi connectivity index (χ2n) is 4.47. The number of nitrogens with one attached hydrogen (secondary N) is 2. The molecule has 0 bridgehead atoms. The Bertz CT molecular complexity index is 447. The van der Waals surface area contributed by atoms with Gasteiger partial charge in [0.1, 0.15) is 0 Å². The molecule has 1 aromatic rings. The molecule has 0 saturated heterocycles. The van der Waals surface area contributed by atoms with Gasteiger partial charge in [0.2, 0.25) is 0 Å². The van der Waals surface area contributed by atoms with Crippen LogP contribution in [-0.4, -0.2) is 30.0 Å². The van der Waals surface area contributed by atoms with Gasteiger partial charge in [-0.2, -0.15) is 13.2 Å². The number of aliphatic hydroxyl groups excluding tert-OH is 1. The number of hydrogen-bond donors (Lipinski definition) is 3. The summed E-state index contributed by atoms with van der Waals surface area (Å²) in [6.45, 7) is 1.82. The molecule has 1 aromatic carbocycles. The zero-order valence-electron chi connectivity index (χ0n) is 11.0. The second-order valence-corrected chi connectivity index (χ2v) is 4.47. The summed E-state index contributed by atoms with van der Waals surface area (Å²) in [7, 11) is 0. The Morgan fingerprint density at radius 1 is 1.35 bits per heavy atom. The molecule has 112 valence electrons. The maximum absolute atomic E-state index is 12.4. The molecule has 0 aromatic heterocycles. The molecular weight excluding hydrogens is 273 g/mol. The molecule has 1 rings (SSSR count). The van der Waals surface area contributed by atoms with E-state index >= 15 is 0 Å². The van der Waals surface area contributed by atoms with Gasteiger partial charge < -0.3 is 15.7 Å².